The van der Waals surface area contributed by atoms with Gasteiger partial charge in [0.25, 0.3) is 0 Å². The average molecular weight is 281 g/mol. The first-order valence-electron chi connectivity index (χ1n) is 7.18. The number of rotatable bonds is 5. The van der Waals surface area contributed by atoms with E-state index >= 15 is 0 Å². The van der Waals surface area contributed by atoms with Gasteiger partial charge in [0.1, 0.15) is 12.1 Å². The lowest BCUT2D eigenvalue weighted by atomic mass is 9.79. The molecule has 1 rings (SSSR count). The molecule has 0 spiro atoms. The fourth-order valence-electron chi connectivity index (χ4n) is 2.08. The standard InChI is InChI=1S/C16H27NO3/c1-15(2,3)20-14(18)12-17-9-8-16(4,5)13-6-10-19-11-7-13/h6,9H,7-8,10-12H2,1-5H3. The number of hydrogen-bond acceptors (Lipinski definition) is 4. The molecule has 1 aliphatic heterocycles. The summed E-state index contributed by atoms with van der Waals surface area (Å²) >= 11 is 0. The van der Waals surface area contributed by atoms with E-state index in [1.165, 1.54) is 5.57 Å². The zero-order valence-electron chi connectivity index (χ0n) is 13.4. The minimum absolute atomic E-state index is 0.0706. The number of nitrogens with zero attached hydrogens (tertiary/aromatic N) is 1. The highest BCUT2D eigenvalue weighted by Crippen LogP contribution is 2.33. The third-order valence-electron chi connectivity index (χ3n) is 3.20. The molecule has 4 nitrogen and oxygen atoms in total. The molecule has 1 aliphatic rings. The summed E-state index contributed by atoms with van der Waals surface area (Å²) in [4.78, 5) is 15.7. The zero-order chi connectivity index (χ0) is 15.2. The van der Waals surface area contributed by atoms with Crippen LogP contribution in [0.15, 0.2) is 16.6 Å². The summed E-state index contributed by atoms with van der Waals surface area (Å²) in [6.07, 6.45) is 5.79. The number of carbonyl (C=O) groups excluding carboxylic acids is 1. The Balaban J connectivity index is 2.40. The fourth-order valence-corrected chi connectivity index (χ4v) is 2.08. The van der Waals surface area contributed by atoms with Crippen molar-refractivity contribution in [1.82, 2.24) is 0 Å². The van der Waals surface area contributed by atoms with Crippen LogP contribution in [-0.2, 0) is 14.3 Å². The van der Waals surface area contributed by atoms with E-state index < -0.39 is 5.60 Å². The van der Waals surface area contributed by atoms with Gasteiger partial charge in [-0.2, -0.15) is 0 Å². The van der Waals surface area contributed by atoms with Gasteiger partial charge in [-0.3, -0.25) is 9.79 Å². The van der Waals surface area contributed by atoms with Crippen molar-refractivity contribution >= 4 is 12.2 Å². The Morgan fingerprint density at radius 2 is 2.10 bits per heavy atom. The molecule has 0 aromatic carbocycles. The summed E-state index contributed by atoms with van der Waals surface area (Å²) in [5, 5.41) is 0. The molecular weight excluding hydrogens is 254 g/mol. The molecule has 0 fully saturated rings. The van der Waals surface area contributed by atoms with E-state index in [0.717, 1.165) is 19.4 Å². The first kappa shape index (κ1) is 16.9. The minimum Gasteiger partial charge on any atom is -0.459 e. The Morgan fingerprint density at radius 1 is 1.40 bits per heavy atom. The van der Waals surface area contributed by atoms with Crippen molar-refractivity contribution < 1.29 is 14.3 Å². The molecule has 4 heteroatoms. The second-order valence-corrected chi connectivity index (χ2v) is 6.75. The molecule has 1 heterocycles. The lowest BCUT2D eigenvalue weighted by Crippen LogP contribution is -2.25. The highest BCUT2D eigenvalue weighted by atomic mass is 16.6. The Hall–Kier alpha value is -1.16. The maximum atomic E-state index is 11.5. The Bertz CT molecular complexity index is 389. The Morgan fingerprint density at radius 3 is 2.65 bits per heavy atom. The van der Waals surface area contributed by atoms with Crippen molar-refractivity contribution in [3.05, 3.63) is 11.6 Å². The summed E-state index contributed by atoms with van der Waals surface area (Å²) in [6, 6.07) is 0. The van der Waals surface area contributed by atoms with Crippen LogP contribution in [0.25, 0.3) is 0 Å². The molecule has 0 aromatic rings. The van der Waals surface area contributed by atoms with Crippen molar-refractivity contribution in [1.29, 1.82) is 0 Å². The molecule has 0 bridgehead atoms. The summed E-state index contributed by atoms with van der Waals surface area (Å²) < 4.78 is 10.5. The van der Waals surface area contributed by atoms with E-state index in [1.807, 2.05) is 27.0 Å². The first-order chi connectivity index (χ1) is 9.21. The van der Waals surface area contributed by atoms with Crippen molar-refractivity contribution in [3.63, 3.8) is 0 Å². The smallest absolute Gasteiger partial charge is 0.328 e. The lowest BCUT2D eigenvalue weighted by molar-refractivity contribution is -0.152. The largest absolute Gasteiger partial charge is 0.459 e. The van der Waals surface area contributed by atoms with E-state index in [2.05, 4.69) is 24.9 Å². The van der Waals surface area contributed by atoms with Crippen molar-refractivity contribution in [2.75, 3.05) is 19.8 Å². The number of esters is 1. The van der Waals surface area contributed by atoms with Gasteiger partial charge in [0, 0.05) is 6.21 Å². The van der Waals surface area contributed by atoms with Crippen LogP contribution >= 0.6 is 0 Å². The van der Waals surface area contributed by atoms with Gasteiger partial charge < -0.3 is 9.47 Å². The van der Waals surface area contributed by atoms with E-state index in [-0.39, 0.29) is 17.9 Å². The third kappa shape index (κ3) is 6.33. The van der Waals surface area contributed by atoms with Gasteiger partial charge in [-0.1, -0.05) is 25.5 Å². The maximum absolute atomic E-state index is 11.5. The fraction of sp³-hybridized carbons (Fsp3) is 0.750. The van der Waals surface area contributed by atoms with Crippen molar-refractivity contribution in [3.8, 4) is 0 Å². The molecule has 0 atom stereocenters. The van der Waals surface area contributed by atoms with Gasteiger partial charge in [-0.25, -0.2) is 0 Å². The molecule has 0 saturated carbocycles. The molecule has 0 radical (unpaired) electrons. The number of aliphatic imine (C=N–C) groups is 1. The first-order valence-corrected chi connectivity index (χ1v) is 7.18. The molecule has 0 aliphatic carbocycles. The average Bonchev–Trinajstić information content (AvgIpc) is 2.34. The van der Waals surface area contributed by atoms with Crippen molar-refractivity contribution in [2.45, 2.75) is 53.1 Å². The summed E-state index contributed by atoms with van der Waals surface area (Å²) in [7, 11) is 0. The predicted octanol–water partition coefficient (Wildman–Crippen LogP) is 3.16. The molecule has 0 aromatic heterocycles. The van der Waals surface area contributed by atoms with Gasteiger partial charge in [-0.05, 0) is 39.0 Å². The highest BCUT2D eigenvalue weighted by molar-refractivity contribution is 5.74. The normalized spacial score (nSPS) is 17.1. The Labute approximate surface area is 122 Å². The molecular formula is C16H27NO3. The van der Waals surface area contributed by atoms with Crippen LogP contribution in [0.4, 0.5) is 0 Å². The van der Waals surface area contributed by atoms with E-state index in [1.54, 1.807) is 0 Å². The second-order valence-electron chi connectivity index (χ2n) is 6.75. The van der Waals surface area contributed by atoms with E-state index in [9.17, 15) is 4.79 Å². The van der Waals surface area contributed by atoms with Gasteiger partial charge in [0.15, 0.2) is 0 Å². The number of carbonyl (C=O) groups is 1. The predicted molar refractivity (Wildman–Crippen MR) is 81.1 cm³/mol. The van der Waals surface area contributed by atoms with Crippen LogP contribution in [0.1, 0.15) is 47.5 Å². The van der Waals surface area contributed by atoms with Crippen LogP contribution in [0.3, 0.4) is 0 Å². The van der Waals surface area contributed by atoms with Crippen LogP contribution < -0.4 is 0 Å². The van der Waals surface area contributed by atoms with Gasteiger partial charge in [0.2, 0.25) is 0 Å². The summed E-state index contributed by atoms with van der Waals surface area (Å²) in [6.45, 7) is 11.6. The van der Waals surface area contributed by atoms with Crippen molar-refractivity contribution in [2.24, 2.45) is 10.4 Å². The molecule has 0 unspecified atom stereocenters. The number of hydrogen-bond donors (Lipinski definition) is 0. The molecule has 114 valence electrons. The van der Waals surface area contributed by atoms with Crippen LogP contribution in [0, 0.1) is 5.41 Å². The van der Waals surface area contributed by atoms with Gasteiger partial charge >= 0.3 is 5.97 Å². The van der Waals surface area contributed by atoms with E-state index in [0.29, 0.717) is 6.61 Å². The summed E-state index contributed by atoms with van der Waals surface area (Å²) in [5.74, 6) is -0.281. The van der Waals surface area contributed by atoms with E-state index in [4.69, 9.17) is 9.47 Å². The highest BCUT2D eigenvalue weighted by Gasteiger charge is 2.23. The molecule has 20 heavy (non-hydrogen) atoms. The topological polar surface area (TPSA) is 47.9 Å². The van der Waals surface area contributed by atoms with Gasteiger partial charge in [-0.15, -0.1) is 0 Å². The minimum atomic E-state index is -0.446. The van der Waals surface area contributed by atoms with Crippen LogP contribution in [0.5, 0.6) is 0 Å². The SMILES string of the molecule is CC(C)(C)OC(=O)CN=CCC(C)(C)C1=CCOCC1. The Kier molecular flexibility index (Phi) is 5.93. The number of ether oxygens (including phenoxy) is 2. The third-order valence-corrected chi connectivity index (χ3v) is 3.20. The maximum Gasteiger partial charge on any atom is 0.328 e. The summed E-state index contributed by atoms with van der Waals surface area (Å²) in [5.41, 5.74) is 1.03. The van der Waals surface area contributed by atoms with Crippen LogP contribution in [-0.4, -0.2) is 37.5 Å². The zero-order valence-corrected chi connectivity index (χ0v) is 13.4. The molecule has 0 saturated heterocycles. The second kappa shape index (κ2) is 7.02. The molecule has 0 amide bonds. The quantitative estimate of drug-likeness (QED) is 0.442. The molecule has 0 N–H and O–H groups in total. The monoisotopic (exact) mass is 281 g/mol. The van der Waals surface area contributed by atoms with Gasteiger partial charge in [0.05, 0.1) is 13.2 Å². The lowest BCUT2D eigenvalue weighted by Gasteiger charge is -2.29. The van der Waals surface area contributed by atoms with Crippen LogP contribution in [0.2, 0.25) is 0 Å².